The molecule has 1 fully saturated rings. The van der Waals surface area contributed by atoms with Crippen LogP contribution in [-0.2, 0) is 9.84 Å². The zero-order chi connectivity index (χ0) is 18.3. The number of furan rings is 1. The third-order valence-corrected chi connectivity index (χ3v) is 6.35. The summed E-state index contributed by atoms with van der Waals surface area (Å²) in [6.07, 6.45) is 2.09. The molecule has 9 heteroatoms. The maximum absolute atomic E-state index is 12.8. The monoisotopic (exact) mass is 375 g/mol. The van der Waals surface area contributed by atoms with Crippen molar-refractivity contribution in [2.24, 2.45) is 5.92 Å². The second-order valence-corrected chi connectivity index (χ2v) is 8.69. The molecule has 3 aromatic heterocycles. The van der Waals surface area contributed by atoms with Crippen molar-refractivity contribution in [3.8, 4) is 11.5 Å². The quantitative estimate of drug-likeness (QED) is 0.741. The van der Waals surface area contributed by atoms with Gasteiger partial charge in [0.1, 0.15) is 5.69 Å². The molecular weight excluding hydrogens is 358 g/mol. The van der Waals surface area contributed by atoms with Crippen molar-refractivity contribution in [1.82, 2.24) is 15.5 Å². The van der Waals surface area contributed by atoms with Gasteiger partial charge in [0, 0.05) is 6.54 Å². The van der Waals surface area contributed by atoms with E-state index in [9.17, 15) is 13.2 Å². The van der Waals surface area contributed by atoms with Crippen molar-refractivity contribution in [2.45, 2.75) is 13.3 Å². The molecule has 0 radical (unpaired) electrons. The van der Waals surface area contributed by atoms with Crippen LogP contribution in [0, 0.1) is 12.8 Å². The summed E-state index contributed by atoms with van der Waals surface area (Å²) in [5, 5.41) is 7.26. The van der Waals surface area contributed by atoms with Crippen LogP contribution in [0.25, 0.3) is 22.6 Å². The molecule has 4 heterocycles. The molecule has 3 aromatic rings. The van der Waals surface area contributed by atoms with Gasteiger partial charge in [0.25, 0.3) is 11.6 Å². The Kier molecular flexibility index (Phi) is 4.03. The normalized spacial score (nSPS) is 19.0. The third-order valence-electron chi connectivity index (χ3n) is 4.51. The van der Waals surface area contributed by atoms with Crippen LogP contribution in [0.5, 0.6) is 0 Å². The molecule has 1 aliphatic rings. The van der Waals surface area contributed by atoms with Crippen molar-refractivity contribution in [2.75, 3.05) is 18.1 Å². The summed E-state index contributed by atoms with van der Waals surface area (Å²) in [7, 11) is -2.98. The third kappa shape index (κ3) is 3.10. The number of amides is 1. The number of fused-ring (bicyclic) bond motifs is 1. The van der Waals surface area contributed by atoms with Gasteiger partial charge in [-0.1, -0.05) is 5.16 Å². The molecule has 0 spiro atoms. The van der Waals surface area contributed by atoms with E-state index >= 15 is 0 Å². The molecule has 1 N–H and O–H groups in total. The van der Waals surface area contributed by atoms with Gasteiger partial charge in [-0.15, -0.1) is 0 Å². The molecule has 8 nitrogen and oxygen atoms in total. The van der Waals surface area contributed by atoms with Crippen LogP contribution in [0.2, 0.25) is 0 Å². The molecule has 0 saturated carbocycles. The van der Waals surface area contributed by atoms with Crippen molar-refractivity contribution in [3.05, 3.63) is 35.7 Å². The Morgan fingerprint density at radius 3 is 2.96 bits per heavy atom. The summed E-state index contributed by atoms with van der Waals surface area (Å²) < 4.78 is 33.7. The summed E-state index contributed by atoms with van der Waals surface area (Å²) in [4.78, 5) is 17.1. The van der Waals surface area contributed by atoms with Gasteiger partial charge in [-0.25, -0.2) is 13.4 Å². The minimum atomic E-state index is -2.98. The lowest BCUT2D eigenvalue weighted by molar-refractivity contribution is 0.0950. The number of hydrogen-bond acceptors (Lipinski definition) is 7. The lowest BCUT2D eigenvalue weighted by atomic mass is 10.1. The second kappa shape index (κ2) is 6.24. The molecule has 0 bridgehead atoms. The molecular formula is C17H17N3O5S. The van der Waals surface area contributed by atoms with Crippen LogP contribution >= 0.6 is 0 Å². The minimum absolute atomic E-state index is 0.0607. The van der Waals surface area contributed by atoms with Gasteiger partial charge in [0.15, 0.2) is 15.6 Å². The Labute approximate surface area is 149 Å². The Morgan fingerprint density at radius 1 is 1.42 bits per heavy atom. The van der Waals surface area contributed by atoms with E-state index in [0.29, 0.717) is 41.1 Å². The van der Waals surface area contributed by atoms with Crippen molar-refractivity contribution < 1.29 is 22.2 Å². The first kappa shape index (κ1) is 16.8. The number of hydrogen-bond donors (Lipinski definition) is 1. The summed E-state index contributed by atoms with van der Waals surface area (Å²) >= 11 is 0. The van der Waals surface area contributed by atoms with E-state index in [4.69, 9.17) is 8.94 Å². The fourth-order valence-electron chi connectivity index (χ4n) is 3.19. The smallest absolute Gasteiger partial charge is 0.259 e. The molecule has 1 unspecified atom stereocenters. The first-order chi connectivity index (χ1) is 12.4. The topological polar surface area (TPSA) is 115 Å². The van der Waals surface area contributed by atoms with E-state index in [-0.39, 0.29) is 29.0 Å². The molecule has 26 heavy (non-hydrogen) atoms. The largest absolute Gasteiger partial charge is 0.463 e. The maximum atomic E-state index is 12.8. The predicted molar refractivity (Wildman–Crippen MR) is 93.3 cm³/mol. The minimum Gasteiger partial charge on any atom is -0.463 e. The summed E-state index contributed by atoms with van der Waals surface area (Å²) in [6.45, 7) is 2.04. The lowest BCUT2D eigenvalue weighted by Gasteiger charge is -2.10. The molecule has 0 aliphatic carbocycles. The van der Waals surface area contributed by atoms with Gasteiger partial charge in [-0.2, -0.15) is 0 Å². The molecule has 136 valence electrons. The van der Waals surface area contributed by atoms with Gasteiger partial charge in [0.05, 0.1) is 34.4 Å². The van der Waals surface area contributed by atoms with E-state index in [1.165, 1.54) is 6.26 Å². The highest BCUT2D eigenvalue weighted by Gasteiger charge is 2.28. The fraction of sp³-hybridized carbons (Fsp3) is 0.353. The van der Waals surface area contributed by atoms with Gasteiger partial charge in [-0.05, 0) is 37.5 Å². The summed E-state index contributed by atoms with van der Waals surface area (Å²) in [5.74, 6) is 0.427. The Morgan fingerprint density at radius 2 is 2.27 bits per heavy atom. The Bertz CT molecular complexity index is 1070. The number of aryl methyl sites for hydroxylation is 1. The van der Waals surface area contributed by atoms with E-state index in [1.54, 1.807) is 25.1 Å². The molecule has 1 saturated heterocycles. The van der Waals surface area contributed by atoms with E-state index in [1.807, 2.05) is 0 Å². The average molecular weight is 375 g/mol. The number of nitrogens with one attached hydrogen (secondary N) is 1. The number of aromatic nitrogens is 2. The SMILES string of the molecule is Cc1noc2nc(-c3ccco3)cc(C(=O)NCC3CCS(=O)(=O)C3)c12. The molecule has 0 aromatic carbocycles. The van der Waals surface area contributed by atoms with Gasteiger partial charge >= 0.3 is 0 Å². The van der Waals surface area contributed by atoms with Crippen LogP contribution in [0.1, 0.15) is 22.5 Å². The van der Waals surface area contributed by atoms with E-state index in [0.717, 1.165) is 0 Å². The highest BCUT2D eigenvalue weighted by Crippen LogP contribution is 2.27. The summed E-state index contributed by atoms with van der Waals surface area (Å²) in [5.41, 5.74) is 1.66. The molecule has 1 atom stereocenters. The Balaban J connectivity index is 1.64. The van der Waals surface area contributed by atoms with Crippen molar-refractivity contribution in [1.29, 1.82) is 0 Å². The van der Waals surface area contributed by atoms with E-state index < -0.39 is 9.84 Å². The zero-order valence-electron chi connectivity index (χ0n) is 14.1. The highest BCUT2D eigenvalue weighted by atomic mass is 32.2. The first-order valence-electron chi connectivity index (χ1n) is 8.22. The number of rotatable bonds is 4. The average Bonchev–Trinajstić information content (AvgIpc) is 3.33. The predicted octanol–water partition coefficient (Wildman–Crippen LogP) is 1.96. The van der Waals surface area contributed by atoms with Crippen LogP contribution in [0.15, 0.2) is 33.4 Å². The Hall–Kier alpha value is -2.68. The van der Waals surface area contributed by atoms with Gasteiger partial charge < -0.3 is 14.3 Å². The number of carbonyl (C=O) groups excluding carboxylic acids is 1. The lowest BCUT2D eigenvalue weighted by Crippen LogP contribution is -2.30. The van der Waals surface area contributed by atoms with Crippen LogP contribution in [-0.4, -0.2) is 42.5 Å². The summed E-state index contributed by atoms with van der Waals surface area (Å²) in [6, 6.07) is 5.10. The number of sulfone groups is 1. The number of pyridine rings is 1. The maximum Gasteiger partial charge on any atom is 0.259 e. The van der Waals surface area contributed by atoms with Crippen LogP contribution in [0.3, 0.4) is 0 Å². The molecule has 4 rings (SSSR count). The van der Waals surface area contributed by atoms with Crippen LogP contribution in [0.4, 0.5) is 0 Å². The molecule has 1 aliphatic heterocycles. The second-order valence-electron chi connectivity index (χ2n) is 6.46. The highest BCUT2D eigenvalue weighted by molar-refractivity contribution is 7.91. The standard InChI is InChI=1S/C17H17N3O5S/c1-10-15-12(16(21)18-8-11-4-6-26(22,23)9-11)7-13(14-3-2-5-24-14)19-17(15)25-20-10/h2-3,5,7,11H,4,6,8-9H2,1H3,(H,18,21). The number of carbonyl (C=O) groups is 1. The van der Waals surface area contributed by atoms with Gasteiger partial charge in [0.2, 0.25) is 0 Å². The van der Waals surface area contributed by atoms with Crippen molar-refractivity contribution >= 4 is 26.8 Å². The van der Waals surface area contributed by atoms with Crippen molar-refractivity contribution in [3.63, 3.8) is 0 Å². The number of nitrogens with zero attached hydrogens (tertiary/aromatic N) is 2. The van der Waals surface area contributed by atoms with Crippen LogP contribution < -0.4 is 5.32 Å². The fourth-order valence-corrected chi connectivity index (χ4v) is 5.05. The first-order valence-corrected chi connectivity index (χ1v) is 10.0. The van der Waals surface area contributed by atoms with Gasteiger partial charge in [-0.3, -0.25) is 4.79 Å². The zero-order valence-corrected chi connectivity index (χ0v) is 14.9. The molecule has 1 amide bonds. The van der Waals surface area contributed by atoms with E-state index in [2.05, 4.69) is 15.5 Å².